The molecule has 2 aliphatic rings. The van der Waals surface area contributed by atoms with Gasteiger partial charge in [-0.25, -0.2) is 12.7 Å². The monoisotopic (exact) mass is 303 g/mol. The lowest BCUT2D eigenvalue weighted by Crippen LogP contribution is -2.49. The average molecular weight is 303 g/mol. The van der Waals surface area contributed by atoms with Gasteiger partial charge in [-0.2, -0.15) is 0 Å². The van der Waals surface area contributed by atoms with E-state index in [-0.39, 0.29) is 29.7 Å². The zero-order chi connectivity index (χ0) is 14.8. The summed E-state index contributed by atoms with van der Waals surface area (Å²) in [6.07, 6.45) is 4.19. The summed E-state index contributed by atoms with van der Waals surface area (Å²) >= 11 is 0. The van der Waals surface area contributed by atoms with Crippen LogP contribution in [0, 0.1) is 5.92 Å². The molecule has 3 N–H and O–H groups in total. The minimum Gasteiger partial charge on any atom is -0.353 e. The number of rotatable bonds is 4. The maximum atomic E-state index is 12.1. The third kappa shape index (κ3) is 3.51. The molecule has 2 rings (SSSR count). The van der Waals surface area contributed by atoms with Crippen LogP contribution in [0.25, 0.3) is 0 Å². The Kier molecular flexibility index (Phi) is 5.04. The zero-order valence-electron chi connectivity index (χ0n) is 12.0. The van der Waals surface area contributed by atoms with Crippen LogP contribution in [-0.4, -0.2) is 49.6 Å². The molecule has 1 heterocycles. The van der Waals surface area contributed by atoms with Gasteiger partial charge in [-0.05, 0) is 32.6 Å². The second kappa shape index (κ2) is 6.41. The van der Waals surface area contributed by atoms with Crippen LogP contribution in [0.5, 0.6) is 0 Å². The third-order valence-electron chi connectivity index (χ3n) is 4.46. The Morgan fingerprint density at radius 1 is 1.25 bits per heavy atom. The van der Waals surface area contributed by atoms with Gasteiger partial charge in [0.2, 0.25) is 15.9 Å². The number of sulfonamides is 1. The first-order chi connectivity index (χ1) is 9.44. The van der Waals surface area contributed by atoms with Crippen molar-refractivity contribution in [2.45, 2.75) is 51.1 Å². The molecule has 0 bridgehead atoms. The number of hydrogen-bond donors (Lipinski definition) is 2. The Hall–Kier alpha value is -0.660. The Morgan fingerprint density at radius 2 is 1.90 bits per heavy atom. The lowest BCUT2D eigenvalue weighted by Gasteiger charge is -2.32. The van der Waals surface area contributed by atoms with Gasteiger partial charge in [-0.15, -0.1) is 0 Å². The second-order valence-corrected chi connectivity index (χ2v) is 8.04. The first-order valence-corrected chi connectivity index (χ1v) is 9.08. The van der Waals surface area contributed by atoms with Crippen LogP contribution in [-0.2, 0) is 14.8 Å². The van der Waals surface area contributed by atoms with Crippen LogP contribution >= 0.6 is 0 Å². The van der Waals surface area contributed by atoms with Gasteiger partial charge < -0.3 is 11.1 Å². The van der Waals surface area contributed by atoms with E-state index in [1.807, 2.05) is 0 Å². The summed E-state index contributed by atoms with van der Waals surface area (Å²) in [4.78, 5) is 12.1. The van der Waals surface area contributed by atoms with Crippen molar-refractivity contribution >= 4 is 15.9 Å². The number of carbonyl (C=O) groups excluding carboxylic acids is 1. The van der Waals surface area contributed by atoms with Gasteiger partial charge in [0.05, 0.1) is 11.7 Å². The second-order valence-electron chi connectivity index (χ2n) is 5.78. The molecule has 0 aromatic carbocycles. The maximum absolute atomic E-state index is 12.1. The van der Waals surface area contributed by atoms with Crippen molar-refractivity contribution in [1.82, 2.24) is 9.62 Å². The number of amides is 1. The molecule has 1 amide bonds. The van der Waals surface area contributed by atoms with Crippen molar-refractivity contribution < 1.29 is 13.2 Å². The summed E-state index contributed by atoms with van der Waals surface area (Å²) in [6, 6.07) is 0.0640. The van der Waals surface area contributed by atoms with Gasteiger partial charge in [0.25, 0.3) is 0 Å². The van der Waals surface area contributed by atoms with E-state index in [4.69, 9.17) is 5.73 Å². The van der Waals surface area contributed by atoms with Gasteiger partial charge >= 0.3 is 0 Å². The van der Waals surface area contributed by atoms with Crippen LogP contribution < -0.4 is 11.1 Å². The van der Waals surface area contributed by atoms with E-state index in [0.29, 0.717) is 25.9 Å². The molecule has 1 saturated heterocycles. The maximum Gasteiger partial charge on any atom is 0.224 e. The minimum atomic E-state index is -3.10. The van der Waals surface area contributed by atoms with Gasteiger partial charge in [-0.3, -0.25) is 4.79 Å². The summed E-state index contributed by atoms with van der Waals surface area (Å²) in [5, 5.41) is 3.04. The summed E-state index contributed by atoms with van der Waals surface area (Å²) in [5.74, 6) is 0.125. The third-order valence-corrected chi connectivity index (χ3v) is 6.35. The number of nitrogens with one attached hydrogen (secondary N) is 1. The topological polar surface area (TPSA) is 92.5 Å². The van der Waals surface area contributed by atoms with Crippen LogP contribution in [0.1, 0.15) is 39.0 Å². The summed E-state index contributed by atoms with van der Waals surface area (Å²) in [6.45, 7) is 2.65. The Bertz CT molecular complexity index is 444. The molecule has 0 radical (unpaired) electrons. The van der Waals surface area contributed by atoms with Crippen LogP contribution in [0.15, 0.2) is 0 Å². The molecule has 2 fully saturated rings. The fourth-order valence-corrected chi connectivity index (χ4v) is 4.22. The van der Waals surface area contributed by atoms with Gasteiger partial charge in [0.15, 0.2) is 0 Å². The molecule has 20 heavy (non-hydrogen) atoms. The van der Waals surface area contributed by atoms with Crippen molar-refractivity contribution in [3.63, 3.8) is 0 Å². The number of nitrogens with two attached hydrogens (primary N) is 1. The molecule has 1 saturated carbocycles. The average Bonchev–Trinajstić information content (AvgIpc) is 2.85. The Morgan fingerprint density at radius 3 is 2.40 bits per heavy atom. The lowest BCUT2D eigenvalue weighted by molar-refractivity contribution is -0.126. The van der Waals surface area contributed by atoms with E-state index in [0.717, 1.165) is 19.3 Å². The summed E-state index contributed by atoms with van der Waals surface area (Å²) in [7, 11) is -3.10. The minimum absolute atomic E-state index is 0.0180. The molecule has 1 aliphatic carbocycles. The Labute approximate surface area is 121 Å². The van der Waals surface area contributed by atoms with E-state index < -0.39 is 10.0 Å². The quantitative estimate of drug-likeness (QED) is 0.767. The predicted molar refractivity (Wildman–Crippen MR) is 77.5 cm³/mol. The normalized spacial score (nSPS) is 29.5. The van der Waals surface area contributed by atoms with Gasteiger partial charge in [-0.1, -0.05) is 6.42 Å². The van der Waals surface area contributed by atoms with E-state index >= 15 is 0 Å². The SMILES string of the molecule is CCS(=O)(=O)N1CCC(NC(=O)C2CCCC2N)CC1. The first-order valence-electron chi connectivity index (χ1n) is 7.48. The highest BCUT2D eigenvalue weighted by molar-refractivity contribution is 7.89. The van der Waals surface area contributed by atoms with E-state index in [1.165, 1.54) is 4.31 Å². The highest BCUT2D eigenvalue weighted by Crippen LogP contribution is 2.24. The first kappa shape index (κ1) is 15.7. The highest BCUT2D eigenvalue weighted by atomic mass is 32.2. The van der Waals surface area contributed by atoms with Crippen molar-refractivity contribution in [1.29, 1.82) is 0 Å². The molecule has 6 nitrogen and oxygen atoms in total. The van der Waals surface area contributed by atoms with Crippen molar-refractivity contribution in [3.8, 4) is 0 Å². The van der Waals surface area contributed by atoms with E-state index in [9.17, 15) is 13.2 Å². The molecule has 2 unspecified atom stereocenters. The van der Waals surface area contributed by atoms with E-state index in [1.54, 1.807) is 6.92 Å². The molecule has 2 atom stereocenters. The fourth-order valence-electron chi connectivity index (χ4n) is 3.08. The lowest BCUT2D eigenvalue weighted by atomic mass is 10.0. The van der Waals surface area contributed by atoms with Crippen molar-refractivity contribution in [2.24, 2.45) is 11.7 Å². The van der Waals surface area contributed by atoms with Crippen LogP contribution in [0.2, 0.25) is 0 Å². The molecular formula is C13H25N3O3S. The van der Waals surface area contributed by atoms with Gasteiger partial charge in [0.1, 0.15) is 0 Å². The fraction of sp³-hybridized carbons (Fsp3) is 0.923. The molecule has 0 aromatic heterocycles. The number of carbonyl (C=O) groups is 1. The molecule has 0 aromatic rings. The van der Waals surface area contributed by atoms with Crippen molar-refractivity contribution in [2.75, 3.05) is 18.8 Å². The predicted octanol–water partition coefficient (Wildman–Crippen LogP) is 0.0441. The van der Waals surface area contributed by atoms with Crippen LogP contribution in [0.3, 0.4) is 0 Å². The molecular weight excluding hydrogens is 278 g/mol. The van der Waals surface area contributed by atoms with Crippen molar-refractivity contribution in [3.05, 3.63) is 0 Å². The Balaban J connectivity index is 1.81. The molecule has 0 spiro atoms. The highest BCUT2D eigenvalue weighted by Gasteiger charge is 2.33. The number of nitrogens with zero attached hydrogens (tertiary/aromatic N) is 1. The number of hydrogen-bond acceptors (Lipinski definition) is 4. The summed E-state index contributed by atoms with van der Waals surface area (Å²) in [5.41, 5.74) is 5.93. The number of piperidine rings is 1. The zero-order valence-corrected chi connectivity index (χ0v) is 12.9. The van der Waals surface area contributed by atoms with Crippen LogP contribution in [0.4, 0.5) is 0 Å². The smallest absolute Gasteiger partial charge is 0.224 e. The molecule has 1 aliphatic heterocycles. The summed E-state index contributed by atoms with van der Waals surface area (Å²) < 4.78 is 25.0. The standard InChI is InChI=1S/C13H25N3O3S/c1-2-20(18,19)16-8-6-10(7-9-16)15-13(17)11-4-3-5-12(11)14/h10-12H,2-9,14H2,1H3,(H,15,17). The largest absolute Gasteiger partial charge is 0.353 e. The van der Waals surface area contributed by atoms with E-state index in [2.05, 4.69) is 5.32 Å². The molecule has 7 heteroatoms. The van der Waals surface area contributed by atoms with Gasteiger partial charge in [0, 0.05) is 25.2 Å². The molecule has 116 valence electrons.